The van der Waals surface area contributed by atoms with E-state index in [9.17, 15) is 31.5 Å². The van der Waals surface area contributed by atoms with Crippen molar-refractivity contribution in [1.82, 2.24) is 14.9 Å². The summed E-state index contributed by atoms with van der Waals surface area (Å²) in [6, 6.07) is 3.73. The van der Waals surface area contributed by atoms with Gasteiger partial charge in [-0.3, -0.25) is 14.7 Å². The van der Waals surface area contributed by atoms with Gasteiger partial charge in [0.1, 0.15) is 11.4 Å². The summed E-state index contributed by atoms with van der Waals surface area (Å²) < 4.78 is 65.1. The molecule has 1 aliphatic heterocycles. The third kappa shape index (κ3) is 6.06. The van der Waals surface area contributed by atoms with E-state index in [-0.39, 0.29) is 42.9 Å². The molecule has 34 heavy (non-hydrogen) atoms. The summed E-state index contributed by atoms with van der Waals surface area (Å²) in [6.07, 6.45) is -1.89. The molecule has 0 aromatic carbocycles. The molecule has 1 saturated heterocycles. The van der Waals surface area contributed by atoms with E-state index in [0.29, 0.717) is 12.0 Å². The van der Waals surface area contributed by atoms with Crippen LogP contribution in [0, 0.1) is 5.92 Å². The van der Waals surface area contributed by atoms with E-state index in [1.165, 1.54) is 28.1 Å². The van der Waals surface area contributed by atoms with Crippen molar-refractivity contribution in [3.8, 4) is 0 Å². The standard InChI is InChI=1S/C23H25F5N4O2/c1-14(2)8-17-12-31(16-5-7-20(30-11-16)23(26,27)28)21(34)32(17)13-18(33)9-15-4-6-19(29-10-15)22(3,24)25/h4-7,10-11,14,17H,8-9,12-13H2,1-3H3/t17-/m0/s1. The van der Waals surface area contributed by atoms with Gasteiger partial charge in [-0.25, -0.2) is 9.78 Å². The first-order chi connectivity index (χ1) is 15.8. The van der Waals surface area contributed by atoms with Gasteiger partial charge < -0.3 is 4.90 Å². The minimum atomic E-state index is -4.59. The summed E-state index contributed by atoms with van der Waals surface area (Å²) in [7, 11) is 0. The fraction of sp³-hybridized carbons (Fsp3) is 0.478. The van der Waals surface area contributed by atoms with E-state index in [4.69, 9.17) is 0 Å². The lowest BCUT2D eigenvalue weighted by molar-refractivity contribution is -0.141. The Morgan fingerprint density at radius 1 is 1.06 bits per heavy atom. The maximum atomic E-state index is 13.3. The van der Waals surface area contributed by atoms with E-state index in [0.717, 1.165) is 25.3 Å². The van der Waals surface area contributed by atoms with Gasteiger partial charge in [0.15, 0.2) is 5.78 Å². The predicted octanol–water partition coefficient (Wildman–Crippen LogP) is 5.08. The van der Waals surface area contributed by atoms with Crippen molar-refractivity contribution in [3.05, 3.63) is 53.6 Å². The summed E-state index contributed by atoms with van der Waals surface area (Å²) in [5.74, 6) is -3.20. The largest absolute Gasteiger partial charge is 0.433 e. The van der Waals surface area contributed by atoms with Crippen molar-refractivity contribution in [2.45, 2.75) is 51.8 Å². The van der Waals surface area contributed by atoms with Gasteiger partial charge in [0.2, 0.25) is 0 Å². The minimum absolute atomic E-state index is 0.0947. The highest BCUT2D eigenvalue weighted by molar-refractivity contribution is 5.97. The fourth-order valence-corrected chi connectivity index (χ4v) is 3.83. The molecule has 3 rings (SSSR count). The molecule has 6 nitrogen and oxygen atoms in total. The van der Waals surface area contributed by atoms with E-state index in [1.807, 2.05) is 13.8 Å². The molecule has 0 unspecified atom stereocenters. The van der Waals surface area contributed by atoms with Crippen LogP contribution in [-0.2, 0) is 23.3 Å². The van der Waals surface area contributed by atoms with Gasteiger partial charge in [0.05, 0.1) is 24.5 Å². The topological polar surface area (TPSA) is 66.4 Å². The number of urea groups is 1. The third-order valence-electron chi connectivity index (χ3n) is 5.43. The van der Waals surface area contributed by atoms with Gasteiger partial charge in [0.25, 0.3) is 5.92 Å². The Hall–Kier alpha value is -3.11. The Balaban J connectivity index is 1.73. The Morgan fingerprint density at radius 3 is 2.21 bits per heavy atom. The SMILES string of the molecule is CC(C)C[C@H]1CN(c2ccc(C(F)(F)F)nc2)C(=O)N1CC(=O)Cc1ccc(C(C)(F)F)nc1. The number of amides is 2. The fourth-order valence-electron chi connectivity index (χ4n) is 3.83. The van der Waals surface area contributed by atoms with Crippen LogP contribution in [0.25, 0.3) is 0 Å². The second-order valence-electron chi connectivity index (χ2n) is 8.86. The number of rotatable bonds is 8. The Morgan fingerprint density at radius 2 is 1.71 bits per heavy atom. The molecule has 0 aliphatic carbocycles. The van der Waals surface area contributed by atoms with Crippen LogP contribution in [0.1, 0.15) is 44.1 Å². The molecule has 2 aromatic heterocycles. The zero-order valence-corrected chi connectivity index (χ0v) is 18.9. The molecule has 184 valence electrons. The van der Waals surface area contributed by atoms with Crippen molar-refractivity contribution in [2.75, 3.05) is 18.0 Å². The number of hydrogen-bond donors (Lipinski definition) is 0. The first-order valence-corrected chi connectivity index (χ1v) is 10.7. The molecule has 1 fully saturated rings. The van der Waals surface area contributed by atoms with Crippen LogP contribution >= 0.6 is 0 Å². The van der Waals surface area contributed by atoms with Crippen molar-refractivity contribution in [1.29, 1.82) is 0 Å². The summed E-state index contributed by atoms with van der Waals surface area (Å²) in [6.45, 7) is 4.64. The summed E-state index contributed by atoms with van der Waals surface area (Å²) >= 11 is 0. The molecule has 0 saturated carbocycles. The minimum Gasteiger partial charge on any atom is -0.312 e. The Bertz CT molecular complexity index is 1020. The van der Waals surface area contributed by atoms with Crippen LogP contribution in [-0.4, -0.2) is 45.8 Å². The molecular weight excluding hydrogens is 459 g/mol. The first kappa shape index (κ1) is 25.5. The number of aromatic nitrogens is 2. The quantitative estimate of drug-likeness (QED) is 0.491. The molecule has 11 heteroatoms. The molecule has 2 amide bonds. The van der Waals surface area contributed by atoms with Crippen LogP contribution in [0.5, 0.6) is 0 Å². The molecule has 0 N–H and O–H groups in total. The molecule has 0 bridgehead atoms. The lowest BCUT2D eigenvalue weighted by atomic mass is 10.0. The maximum absolute atomic E-state index is 13.3. The second-order valence-corrected chi connectivity index (χ2v) is 8.86. The molecular formula is C23H25F5N4O2. The summed E-state index contributed by atoms with van der Waals surface area (Å²) in [5, 5.41) is 0. The lowest BCUT2D eigenvalue weighted by Crippen LogP contribution is -2.40. The molecule has 1 aliphatic rings. The number of ketones is 1. The van der Waals surface area contributed by atoms with Gasteiger partial charge in [-0.05, 0) is 36.1 Å². The van der Waals surface area contributed by atoms with Gasteiger partial charge in [-0.15, -0.1) is 0 Å². The summed E-state index contributed by atoms with van der Waals surface area (Å²) in [5.41, 5.74) is -0.818. The Labute approximate surface area is 193 Å². The monoisotopic (exact) mass is 484 g/mol. The first-order valence-electron chi connectivity index (χ1n) is 10.7. The van der Waals surface area contributed by atoms with Crippen molar-refractivity contribution < 1.29 is 31.5 Å². The van der Waals surface area contributed by atoms with Crippen LogP contribution < -0.4 is 4.90 Å². The van der Waals surface area contributed by atoms with E-state index >= 15 is 0 Å². The van der Waals surface area contributed by atoms with Gasteiger partial charge in [0, 0.05) is 26.1 Å². The van der Waals surface area contributed by atoms with Crippen LogP contribution in [0.15, 0.2) is 36.7 Å². The number of Topliss-reactive ketones (excluding diaryl/α,β-unsaturated/α-hetero) is 1. The molecule has 2 aromatic rings. The Kier molecular flexibility index (Phi) is 7.23. The van der Waals surface area contributed by atoms with Crippen molar-refractivity contribution >= 4 is 17.5 Å². The van der Waals surface area contributed by atoms with Gasteiger partial charge >= 0.3 is 12.2 Å². The van der Waals surface area contributed by atoms with Gasteiger partial charge in [-0.2, -0.15) is 22.0 Å². The molecule has 0 spiro atoms. The zero-order valence-electron chi connectivity index (χ0n) is 18.9. The predicted molar refractivity (Wildman–Crippen MR) is 114 cm³/mol. The lowest BCUT2D eigenvalue weighted by Gasteiger charge is -2.23. The highest BCUT2D eigenvalue weighted by Gasteiger charge is 2.40. The number of carbonyl (C=O) groups is 2. The smallest absolute Gasteiger partial charge is 0.312 e. The molecule has 1 atom stereocenters. The number of carbonyl (C=O) groups excluding carboxylic acids is 2. The van der Waals surface area contributed by atoms with E-state index in [1.54, 1.807) is 0 Å². The number of pyridine rings is 2. The number of alkyl halides is 5. The number of anilines is 1. The zero-order chi connectivity index (χ0) is 25.3. The second kappa shape index (κ2) is 9.63. The molecule has 0 radical (unpaired) electrons. The van der Waals surface area contributed by atoms with Crippen LogP contribution in [0.3, 0.4) is 0 Å². The van der Waals surface area contributed by atoms with E-state index < -0.39 is 29.5 Å². The molecule has 3 heterocycles. The average Bonchev–Trinajstić information content (AvgIpc) is 3.02. The van der Waals surface area contributed by atoms with Gasteiger partial charge in [-0.1, -0.05) is 19.9 Å². The highest BCUT2D eigenvalue weighted by atomic mass is 19.4. The average molecular weight is 484 g/mol. The van der Waals surface area contributed by atoms with Crippen molar-refractivity contribution in [3.63, 3.8) is 0 Å². The van der Waals surface area contributed by atoms with E-state index in [2.05, 4.69) is 9.97 Å². The number of nitrogens with zero attached hydrogens (tertiary/aromatic N) is 4. The normalized spacial score (nSPS) is 17.1. The number of hydrogen-bond acceptors (Lipinski definition) is 4. The van der Waals surface area contributed by atoms with Crippen molar-refractivity contribution in [2.24, 2.45) is 5.92 Å². The maximum Gasteiger partial charge on any atom is 0.433 e. The van der Waals surface area contributed by atoms with Crippen LogP contribution in [0.4, 0.5) is 32.4 Å². The summed E-state index contributed by atoms with van der Waals surface area (Å²) in [4.78, 5) is 35.6. The number of halogens is 5. The highest BCUT2D eigenvalue weighted by Crippen LogP contribution is 2.31. The third-order valence-corrected chi connectivity index (χ3v) is 5.43. The van der Waals surface area contributed by atoms with Crippen LogP contribution in [0.2, 0.25) is 0 Å².